The van der Waals surface area contributed by atoms with Crippen LogP contribution in [0.5, 0.6) is 0 Å². The summed E-state index contributed by atoms with van der Waals surface area (Å²) in [5, 5.41) is 16.1. The molecule has 1 aliphatic rings. The molecule has 1 fully saturated rings. The third-order valence-corrected chi connectivity index (χ3v) is 4.15. The molecular weight excluding hydrogens is 375 g/mol. The number of nitrogens with two attached hydrogens (primary N) is 1. The predicted molar refractivity (Wildman–Crippen MR) is 87.6 cm³/mol. The number of carboxylic acid groups (broad SMARTS) is 1. The van der Waals surface area contributed by atoms with Crippen LogP contribution >= 0.6 is 11.6 Å². The molecule has 1 aromatic carbocycles. The van der Waals surface area contributed by atoms with Gasteiger partial charge in [-0.15, -0.1) is 10.2 Å². The van der Waals surface area contributed by atoms with Crippen molar-refractivity contribution < 1.29 is 27.5 Å². The van der Waals surface area contributed by atoms with Gasteiger partial charge in [0.05, 0.1) is 0 Å². The molecule has 0 atom stereocenters. The number of aliphatic carboxylic acids is 1. The van der Waals surface area contributed by atoms with Crippen LogP contribution in [-0.2, 0) is 4.79 Å². The molecule has 0 aliphatic heterocycles. The zero-order valence-electron chi connectivity index (χ0n) is 13.5. The molecule has 3 rings (SSSR count). The van der Waals surface area contributed by atoms with Crippen LogP contribution < -0.4 is 5.73 Å². The number of hydrogen-bond acceptors (Lipinski definition) is 5. The Morgan fingerprint density at radius 3 is 2.19 bits per heavy atom. The summed E-state index contributed by atoms with van der Waals surface area (Å²) in [5.74, 6) is -1.11. The molecule has 6 nitrogen and oxygen atoms in total. The quantitative estimate of drug-likeness (QED) is 0.801. The van der Waals surface area contributed by atoms with Crippen molar-refractivity contribution >= 4 is 17.6 Å². The maximum absolute atomic E-state index is 10.6. The molecule has 0 unspecified atom stereocenters. The first-order valence-corrected chi connectivity index (χ1v) is 8.19. The molecular formula is C16H17ClF3N3O3. The summed E-state index contributed by atoms with van der Waals surface area (Å²) >= 11 is 5.86. The average molecular weight is 392 g/mol. The fourth-order valence-corrected chi connectivity index (χ4v) is 2.60. The Kier molecular flexibility index (Phi) is 6.60. The van der Waals surface area contributed by atoms with Crippen LogP contribution in [0.25, 0.3) is 11.5 Å². The fraction of sp³-hybridized carbons (Fsp3) is 0.438. The summed E-state index contributed by atoms with van der Waals surface area (Å²) in [6, 6.07) is 7.74. The van der Waals surface area contributed by atoms with Gasteiger partial charge in [-0.2, -0.15) is 13.2 Å². The van der Waals surface area contributed by atoms with Gasteiger partial charge in [0, 0.05) is 22.5 Å². The molecule has 1 aromatic heterocycles. The highest BCUT2D eigenvalue weighted by Crippen LogP contribution is 2.32. The molecule has 0 spiro atoms. The van der Waals surface area contributed by atoms with Gasteiger partial charge in [-0.1, -0.05) is 11.6 Å². The second kappa shape index (κ2) is 8.50. The van der Waals surface area contributed by atoms with Gasteiger partial charge in [0.25, 0.3) is 0 Å². The van der Waals surface area contributed by atoms with E-state index in [1.807, 2.05) is 24.3 Å². The number of rotatable bonds is 2. The lowest BCUT2D eigenvalue weighted by atomic mass is 9.86. The maximum atomic E-state index is 10.6. The largest absolute Gasteiger partial charge is 0.490 e. The van der Waals surface area contributed by atoms with Gasteiger partial charge >= 0.3 is 12.1 Å². The third-order valence-electron chi connectivity index (χ3n) is 3.90. The van der Waals surface area contributed by atoms with Gasteiger partial charge in [-0.25, -0.2) is 4.79 Å². The number of nitrogens with zero attached hydrogens (tertiary/aromatic N) is 2. The first-order valence-electron chi connectivity index (χ1n) is 7.82. The Hall–Kier alpha value is -2.13. The zero-order chi connectivity index (χ0) is 19.3. The Morgan fingerprint density at radius 1 is 1.15 bits per heavy atom. The lowest BCUT2D eigenvalue weighted by Crippen LogP contribution is -2.25. The second-order valence-corrected chi connectivity index (χ2v) is 6.30. The zero-order valence-corrected chi connectivity index (χ0v) is 14.3. The highest BCUT2D eigenvalue weighted by atomic mass is 35.5. The van der Waals surface area contributed by atoms with Gasteiger partial charge in [0.1, 0.15) is 0 Å². The Morgan fingerprint density at radius 2 is 1.69 bits per heavy atom. The summed E-state index contributed by atoms with van der Waals surface area (Å²) in [6.07, 6.45) is -0.959. The number of carbonyl (C=O) groups is 1. The molecule has 1 aliphatic carbocycles. The summed E-state index contributed by atoms with van der Waals surface area (Å²) in [4.78, 5) is 8.90. The van der Waals surface area contributed by atoms with Crippen molar-refractivity contribution in [1.29, 1.82) is 0 Å². The van der Waals surface area contributed by atoms with Crippen molar-refractivity contribution in [3.63, 3.8) is 0 Å². The van der Waals surface area contributed by atoms with Gasteiger partial charge in [0.15, 0.2) is 0 Å². The number of alkyl halides is 3. The molecule has 2 aromatic rings. The number of benzene rings is 1. The molecule has 0 saturated heterocycles. The Balaban J connectivity index is 0.000000298. The monoisotopic (exact) mass is 391 g/mol. The fourth-order valence-electron chi connectivity index (χ4n) is 2.47. The van der Waals surface area contributed by atoms with Gasteiger partial charge < -0.3 is 15.3 Å². The van der Waals surface area contributed by atoms with E-state index in [0.717, 1.165) is 37.1 Å². The standard InChI is InChI=1S/C14H16ClN3O.C2HF3O2/c15-11-5-1-9(2-6-11)13-17-18-14(19-13)10-3-7-12(16)8-4-10;3-2(4,5)1(6)7/h1-2,5-6,10,12H,3-4,7-8,16H2;(H,6,7). The summed E-state index contributed by atoms with van der Waals surface area (Å²) in [7, 11) is 0. The van der Waals surface area contributed by atoms with Crippen molar-refractivity contribution in [3.05, 3.63) is 35.2 Å². The lowest BCUT2D eigenvalue weighted by molar-refractivity contribution is -0.192. The third kappa shape index (κ3) is 5.70. The van der Waals surface area contributed by atoms with Crippen molar-refractivity contribution in [1.82, 2.24) is 10.2 Å². The van der Waals surface area contributed by atoms with Gasteiger partial charge in [-0.05, 0) is 49.9 Å². The van der Waals surface area contributed by atoms with E-state index in [0.29, 0.717) is 22.9 Å². The maximum Gasteiger partial charge on any atom is 0.490 e. The molecule has 1 heterocycles. The first kappa shape index (κ1) is 20.2. The topological polar surface area (TPSA) is 102 Å². The van der Waals surface area contributed by atoms with E-state index in [-0.39, 0.29) is 0 Å². The van der Waals surface area contributed by atoms with Crippen molar-refractivity contribution in [2.75, 3.05) is 0 Å². The highest BCUT2D eigenvalue weighted by Gasteiger charge is 2.38. The van der Waals surface area contributed by atoms with Crippen molar-refractivity contribution in [3.8, 4) is 11.5 Å². The molecule has 142 valence electrons. The minimum absolute atomic E-state index is 0.329. The number of hydrogen-bond donors (Lipinski definition) is 2. The van der Waals surface area contributed by atoms with E-state index in [1.54, 1.807) is 0 Å². The van der Waals surface area contributed by atoms with Crippen LogP contribution in [0.1, 0.15) is 37.5 Å². The SMILES string of the molecule is NC1CCC(c2nnc(-c3ccc(Cl)cc3)o2)CC1.O=C(O)C(F)(F)F. The smallest absolute Gasteiger partial charge is 0.475 e. The van der Waals surface area contributed by atoms with Crippen LogP contribution in [0.4, 0.5) is 13.2 Å². The highest BCUT2D eigenvalue weighted by molar-refractivity contribution is 6.30. The molecule has 26 heavy (non-hydrogen) atoms. The average Bonchev–Trinajstić information content (AvgIpc) is 3.06. The molecule has 3 N–H and O–H groups in total. The normalized spacial score (nSPS) is 20.2. The number of carboxylic acids is 1. The molecule has 0 radical (unpaired) electrons. The van der Waals surface area contributed by atoms with E-state index in [1.165, 1.54) is 0 Å². The molecule has 10 heteroatoms. The predicted octanol–water partition coefficient (Wildman–Crippen LogP) is 4.01. The van der Waals surface area contributed by atoms with Gasteiger partial charge in [0.2, 0.25) is 11.8 Å². The summed E-state index contributed by atoms with van der Waals surface area (Å²) in [5.41, 5.74) is 6.81. The minimum Gasteiger partial charge on any atom is -0.475 e. The van der Waals surface area contributed by atoms with E-state index in [4.69, 9.17) is 31.7 Å². The van der Waals surface area contributed by atoms with Crippen LogP contribution in [-0.4, -0.2) is 33.5 Å². The Labute approximate surface area is 152 Å². The van der Waals surface area contributed by atoms with E-state index in [9.17, 15) is 13.2 Å². The molecule has 0 bridgehead atoms. The van der Waals surface area contributed by atoms with Crippen molar-refractivity contribution in [2.45, 2.75) is 43.8 Å². The summed E-state index contributed by atoms with van der Waals surface area (Å²) in [6.45, 7) is 0. The number of halogens is 4. The van der Waals surface area contributed by atoms with Gasteiger partial charge in [-0.3, -0.25) is 0 Å². The minimum atomic E-state index is -5.08. The second-order valence-electron chi connectivity index (χ2n) is 5.87. The van der Waals surface area contributed by atoms with Crippen molar-refractivity contribution in [2.24, 2.45) is 5.73 Å². The van der Waals surface area contributed by atoms with E-state index < -0.39 is 12.1 Å². The Bertz CT molecular complexity index is 726. The van der Waals surface area contributed by atoms with E-state index >= 15 is 0 Å². The first-order chi connectivity index (χ1) is 12.2. The number of aromatic nitrogens is 2. The van der Waals surface area contributed by atoms with Crippen LogP contribution in [0.2, 0.25) is 5.02 Å². The van der Waals surface area contributed by atoms with E-state index in [2.05, 4.69) is 10.2 Å². The molecule has 1 saturated carbocycles. The molecule has 0 amide bonds. The van der Waals surface area contributed by atoms with Crippen LogP contribution in [0.15, 0.2) is 28.7 Å². The van der Waals surface area contributed by atoms with Crippen LogP contribution in [0.3, 0.4) is 0 Å². The lowest BCUT2D eigenvalue weighted by Gasteiger charge is -2.23. The summed E-state index contributed by atoms with van der Waals surface area (Å²) < 4.78 is 37.5. The van der Waals surface area contributed by atoms with Crippen LogP contribution in [0, 0.1) is 0 Å².